The van der Waals surface area contributed by atoms with Gasteiger partial charge in [-0.2, -0.15) is 0 Å². The van der Waals surface area contributed by atoms with Gasteiger partial charge < -0.3 is 9.84 Å². The number of carbonyl (C=O) groups is 1. The van der Waals surface area contributed by atoms with Crippen molar-refractivity contribution in [3.8, 4) is 5.88 Å². The molecule has 5 nitrogen and oxygen atoms in total. The largest absolute Gasteiger partial charge is 0.494 e. The molecule has 0 spiro atoms. The summed E-state index contributed by atoms with van der Waals surface area (Å²) in [5.74, 6) is -2.07. The van der Waals surface area contributed by atoms with Crippen LogP contribution in [0.25, 0.3) is 0 Å². The van der Waals surface area contributed by atoms with Crippen LogP contribution in [0.15, 0.2) is 10.9 Å². The number of pyridine rings is 1. The SMILES string of the molecule is COC(=O)c1c(C(F)F)cc(=O)[nH]c1O. The van der Waals surface area contributed by atoms with Gasteiger partial charge in [0.2, 0.25) is 5.88 Å². The number of carbonyl (C=O) groups excluding carboxylic acids is 1. The van der Waals surface area contributed by atoms with E-state index in [-0.39, 0.29) is 0 Å². The summed E-state index contributed by atoms with van der Waals surface area (Å²) in [7, 11) is 0.974. The highest BCUT2D eigenvalue weighted by molar-refractivity contribution is 5.93. The predicted octanol–water partition coefficient (Wildman–Crippen LogP) is 0.805. The van der Waals surface area contributed by atoms with E-state index in [0.29, 0.717) is 6.07 Å². The Morgan fingerprint density at radius 3 is 2.67 bits per heavy atom. The zero-order valence-electron chi connectivity index (χ0n) is 7.58. The molecule has 2 N–H and O–H groups in total. The third-order valence-electron chi connectivity index (χ3n) is 1.68. The maximum absolute atomic E-state index is 12.4. The summed E-state index contributed by atoms with van der Waals surface area (Å²) < 4.78 is 29.0. The number of aromatic hydroxyl groups is 1. The third-order valence-corrected chi connectivity index (χ3v) is 1.68. The van der Waals surface area contributed by atoms with Crippen molar-refractivity contribution in [2.75, 3.05) is 7.11 Å². The van der Waals surface area contributed by atoms with Gasteiger partial charge in [0, 0.05) is 11.6 Å². The number of hydrogen-bond acceptors (Lipinski definition) is 4. The molecule has 0 atom stereocenters. The van der Waals surface area contributed by atoms with Crippen molar-refractivity contribution >= 4 is 5.97 Å². The van der Waals surface area contributed by atoms with Gasteiger partial charge in [0.05, 0.1) is 7.11 Å². The van der Waals surface area contributed by atoms with Crippen molar-refractivity contribution in [3.05, 3.63) is 27.5 Å². The van der Waals surface area contributed by atoms with E-state index in [1.807, 2.05) is 4.98 Å². The molecule has 0 fully saturated rings. The molecule has 0 aromatic carbocycles. The van der Waals surface area contributed by atoms with Crippen LogP contribution in [0.4, 0.5) is 8.78 Å². The van der Waals surface area contributed by atoms with Gasteiger partial charge in [-0.3, -0.25) is 9.78 Å². The van der Waals surface area contributed by atoms with E-state index in [1.165, 1.54) is 0 Å². The minimum atomic E-state index is -3.05. The minimum Gasteiger partial charge on any atom is -0.494 e. The van der Waals surface area contributed by atoms with Crippen LogP contribution >= 0.6 is 0 Å². The van der Waals surface area contributed by atoms with Gasteiger partial charge in [-0.1, -0.05) is 0 Å². The molecule has 0 aliphatic heterocycles. The Hall–Kier alpha value is -1.92. The van der Waals surface area contributed by atoms with Gasteiger partial charge in [0.25, 0.3) is 12.0 Å². The summed E-state index contributed by atoms with van der Waals surface area (Å²) in [6.45, 7) is 0. The molecular weight excluding hydrogens is 212 g/mol. The van der Waals surface area contributed by atoms with Crippen molar-refractivity contribution in [2.24, 2.45) is 0 Å². The number of nitrogens with one attached hydrogen (secondary N) is 1. The van der Waals surface area contributed by atoms with Crippen molar-refractivity contribution in [1.29, 1.82) is 0 Å². The molecule has 0 saturated carbocycles. The van der Waals surface area contributed by atoms with Crippen LogP contribution in [0.1, 0.15) is 22.3 Å². The van der Waals surface area contributed by atoms with Crippen LogP contribution in [0.3, 0.4) is 0 Å². The first kappa shape index (κ1) is 11.2. The lowest BCUT2D eigenvalue weighted by molar-refractivity contribution is 0.0584. The Morgan fingerprint density at radius 2 is 2.20 bits per heavy atom. The lowest BCUT2D eigenvalue weighted by atomic mass is 10.1. The van der Waals surface area contributed by atoms with Gasteiger partial charge >= 0.3 is 5.97 Å². The van der Waals surface area contributed by atoms with Crippen molar-refractivity contribution < 1.29 is 23.4 Å². The molecule has 0 aliphatic carbocycles. The Bertz CT molecular complexity index is 441. The first-order valence-electron chi connectivity index (χ1n) is 3.80. The summed E-state index contributed by atoms with van der Waals surface area (Å²) >= 11 is 0. The number of halogens is 2. The lowest BCUT2D eigenvalue weighted by Gasteiger charge is -2.07. The second-order valence-corrected chi connectivity index (χ2v) is 2.60. The van der Waals surface area contributed by atoms with E-state index in [1.54, 1.807) is 0 Å². The fourth-order valence-corrected chi connectivity index (χ4v) is 1.05. The Kier molecular flexibility index (Phi) is 3.03. The highest BCUT2D eigenvalue weighted by Crippen LogP contribution is 2.26. The normalized spacial score (nSPS) is 10.4. The number of aromatic amines is 1. The summed E-state index contributed by atoms with van der Waals surface area (Å²) in [6, 6.07) is 0.538. The molecule has 1 heterocycles. The van der Waals surface area contributed by atoms with Gasteiger partial charge in [-0.05, 0) is 0 Å². The fourth-order valence-electron chi connectivity index (χ4n) is 1.05. The van der Waals surface area contributed by atoms with Gasteiger partial charge in [0.15, 0.2) is 0 Å². The topological polar surface area (TPSA) is 79.4 Å². The summed E-state index contributed by atoms with van der Waals surface area (Å²) in [6.07, 6.45) is -3.05. The Morgan fingerprint density at radius 1 is 1.60 bits per heavy atom. The quantitative estimate of drug-likeness (QED) is 0.721. The molecule has 15 heavy (non-hydrogen) atoms. The summed E-state index contributed by atoms with van der Waals surface area (Å²) in [4.78, 5) is 23.6. The van der Waals surface area contributed by atoms with Gasteiger partial charge in [0.1, 0.15) is 5.56 Å². The minimum absolute atomic E-state index is 0.538. The molecule has 0 bridgehead atoms. The number of rotatable bonds is 2. The average Bonchev–Trinajstić information content (AvgIpc) is 2.15. The molecule has 0 saturated heterocycles. The van der Waals surface area contributed by atoms with Crippen LogP contribution in [0, 0.1) is 0 Å². The summed E-state index contributed by atoms with van der Waals surface area (Å²) in [5, 5.41) is 9.13. The first-order chi connectivity index (χ1) is 6.97. The maximum atomic E-state index is 12.4. The Labute approximate surface area is 82.3 Å². The number of esters is 1. The van der Waals surface area contributed by atoms with Gasteiger partial charge in [-0.15, -0.1) is 0 Å². The number of aromatic nitrogens is 1. The molecule has 1 aromatic rings. The van der Waals surface area contributed by atoms with E-state index in [4.69, 9.17) is 5.11 Å². The van der Waals surface area contributed by atoms with Crippen LogP contribution in [-0.4, -0.2) is 23.2 Å². The second-order valence-electron chi connectivity index (χ2n) is 2.60. The number of ether oxygens (including phenoxy) is 1. The average molecular weight is 219 g/mol. The molecule has 1 rings (SSSR count). The predicted molar refractivity (Wildman–Crippen MR) is 45.0 cm³/mol. The highest BCUT2D eigenvalue weighted by Gasteiger charge is 2.24. The maximum Gasteiger partial charge on any atom is 0.343 e. The fraction of sp³-hybridized carbons (Fsp3) is 0.250. The van der Waals surface area contributed by atoms with E-state index >= 15 is 0 Å². The monoisotopic (exact) mass is 219 g/mol. The van der Waals surface area contributed by atoms with Crippen molar-refractivity contribution in [3.63, 3.8) is 0 Å². The molecule has 0 radical (unpaired) electrons. The molecule has 82 valence electrons. The lowest BCUT2D eigenvalue weighted by Crippen LogP contribution is -2.14. The molecule has 7 heteroatoms. The van der Waals surface area contributed by atoms with E-state index in [0.717, 1.165) is 7.11 Å². The van der Waals surface area contributed by atoms with Crippen LogP contribution in [0.5, 0.6) is 5.88 Å². The van der Waals surface area contributed by atoms with Crippen molar-refractivity contribution in [2.45, 2.75) is 6.43 Å². The van der Waals surface area contributed by atoms with Crippen LogP contribution in [-0.2, 0) is 4.74 Å². The van der Waals surface area contributed by atoms with Crippen LogP contribution in [0.2, 0.25) is 0 Å². The van der Waals surface area contributed by atoms with Crippen molar-refractivity contribution in [1.82, 2.24) is 4.98 Å². The molecular formula is C8H7F2NO4. The number of H-pyrrole nitrogens is 1. The highest BCUT2D eigenvalue weighted by atomic mass is 19.3. The summed E-state index contributed by atoms with van der Waals surface area (Å²) in [5.41, 5.74) is -2.51. The molecule has 0 amide bonds. The smallest absolute Gasteiger partial charge is 0.343 e. The number of hydrogen-bond donors (Lipinski definition) is 2. The molecule has 0 aliphatic rings. The Balaban J connectivity index is 3.47. The molecule has 1 aromatic heterocycles. The number of methoxy groups -OCH3 is 1. The zero-order chi connectivity index (χ0) is 11.6. The van der Waals surface area contributed by atoms with E-state index < -0.39 is 35.0 Å². The van der Waals surface area contributed by atoms with E-state index in [2.05, 4.69) is 4.74 Å². The second kappa shape index (κ2) is 4.07. The first-order valence-corrected chi connectivity index (χ1v) is 3.80. The zero-order valence-corrected chi connectivity index (χ0v) is 7.58. The standard InChI is InChI=1S/C8H7F2NO4/c1-15-8(14)5-3(6(9)10)2-4(12)11-7(5)13/h2,6H,1H3,(H2,11,12,13). The van der Waals surface area contributed by atoms with E-state index in [9.17, 15) is 18.4 Å². The van der Waals surface area contributed by atoms with Gasteiger partial charge in [-0.25, -0.2) is 13.6 Å². The van der Waals surface area contributed by atoms with Crippen LogP contribution < -0.4 is 5.56 Å². The number of alkyl halides is 2. The third kappa shape index (κ3) is 2.12. The molecule has 0 unspecified atom stereocenters.